The fraction of sp³-hybridized carbons (Fsp3) is 0.200. The van der Waals surface area contributed by atoms with Crippen molar-refractivity contribution in [2.75, 3.05) is 13.2 Å². The highest BCUT2D eigenvalue weighted by Gasteiger charge is 2.13. The molecule has 0 N–H and O–H groups in total. The van der Waals surface area contributed by atoms with E-state index < -0.39 is 11.9 Å². The largest absolute Gasteiger partial charge is 0.494 e. The number of aromatic nitrogens is 1. The number of fused-ring (bicyclic) bond motifs is 1. The van der Waals surface area contributed by atoms with E-state index in [0.717, 1.165) is 37.3 Å². The van der Waals surface area contributed by atoms with E-state index in [0.29, 0.717) is 52.8 Å². The van der Waals surface area contributed by atoms with Gasteiger partial charge in [-0.2, -0.15) is 5.26 Å². The van der Waals surface area contributed by atoms with E-state index >= 15 is 0 Å². The highest BCUT2D eigenvalue weighted by molar-refractivity contribution is 5.91. The number of rotatable bonds is 12. The van der Waals surface area contributed by atoms with Gasteiger partial charge in [0.2, 0.25) is 5.89 Å². The Morgan fingerprint density at radius 1 is 0.921 bits per heavy atom. The number of carbonyl (C=O) groups excluding carboxylic acids is 2. The molecule has 0 radical (unpaired) electrons. The summed E-state index contributed by atoms with van der Waals surface area (Å²) < 4.78 is 22.0. The molecule has 38 heavy (non-hydrogen) atoms. The van der Waals surface area contributed by atoms with Gasteiger partial charge in [0.25, 0.3) is 0 Å². The molecule has 1 heterocycles. The van der Waals surface area contributed by atoms with E-state index in [9.17, 15) is 9.59 Å². The molecule has 0 aliphatic carbocycles. The van der Waals surface area contributed by atoms with Crippen LogP contribution < -0.4 is 9.47 Å². The lowest BCUT2D eigenvalue weighted by molar-refractivity contribution is -0.137. The number of unbranched alkanes of at least 4 members (excludes halogenated alkanes) is 3. The van der Waals surface area contributed by atoms with Crippen LogP contribution in [0.2, 0.25) is 0 Å². The number of esters is 2. The molecule has 4 rings (SSSR count). The summed E-state index contributed by atoms with van der Waals surface area (Å²) in [7, 11) is 0. The zero-order valence-corrected chi connectivity index (χ0v) is 20.7. The second kappa shape index (κ2) is 12.9. The van der Waals surface area contributed by atoms with Crippen molar-refractivity contribution < 1.29 is 28.2 Å². The van der Waals surface area contributed by atoms with Gasteiger partial charge in [0.05, 0.1) is 30.4 Å². The topological polar surface area (TPSA) is 112 Å². The average Bonchev–Trinajstić information content (AvgIpc) is 3.38. The summed E-state index contributed by atoms with van der Waals surface area (Å²) in [6, 6.07) is 20.8. The van der Waals surface area contributed by atoms with E-state index in [4.69, 9.17) is 23.9 Å². The first-order valence-corrected chi connectivity index (χ1v) is 12.2. The Bertz CT molecular complexity index is 1450. The molecule has 1 aromatic heterocycles. The van der Waals surface area contributed by atoms with Crippen LogP contribution in [-0.4, -0.2) is 30.1 Å². The van der Waals surface area contributed by atoms with Crippen molar-refractivity contribution in [2.45, 2.75) is 25.7 Å². The molecule has 0 aliphatic rings. The number of nitriles is 1. The number of ether oxygens (including phenoxy) is 3. The number of hydrogen-bond acceptors (Lipinski definition) is 8. The van der Waals surface area contributed by atoms with Crippen LogP contribution in [0.15, 0.2) is 83.8 Å². The average molecular weight is 511 g/mol. The van der Waals surface area contributed by atoms with Crippen molar-refractivity contribution in [3.05, 3.63) is 90.5 Å². The molecule has 0 atom stereocenters. The first kappa shape index (κ1) is 26.2. The van der Waals surface area contributed by atoms with Crippen LogP contribution >= 0.6 is 0 Å². The van der Waals surface area contributed by atoms with Gasteiger partial charge in [-0.05, 0) is 86.3 Å². The molecule has 0 saturated heterocycles. The van der Waals surface area contributed by atoms with Crippen LogP contribution in [0.25, 0.3) is 22.6 Å². The monoisotopic (exact) mass is 510 g/mol. The van der Waals surface area contributed by atoms with Crippen molar-refractivity contribution in [1.29, 1.82) is 5.26 Å². The van der Waals surface area contributed by atoms with Crippen molar-refractivity contribution in [2.24, 2.45) is 0 Å². The van der Waals surface area contributed by atoms with Gasteiger partial charge in [-0.15, -0.1) is 0 Å². The number of nitrogens with zero attached hydrogens (tertiary/aromatic N) is 2. The summed E-state index contributed by atoms with van der Waals surface area (Å²) in [6.07, 6.45) is 4.73. The van der Waals surface area contributed by atoms with E-state index in [-0.39, 0.29) is 0 Å². The third-order valence-corrected chi connectivity index (χ3v) is 5.64. The number of benzene rings is 3. The van der Waals surface area contributed by atoms with Crippen LogP contribution in [-0.2, 0) is 9.53 Å². The maximum absolute atomic E-state index is 12.6. The normalized spacial score (nSPS) is 10.5. The zero-order chi connectivity index (χ0) is 26.7. The minimum atomic E-state index is -0.500. The third-order valence-electron chi connectivity index (χ3n) is 5.64. The fourth-order valence-corrected chi connectivity index (χ4v) is 3.61. The molecule has 8 nitrogen and oxygen atoms in total. The highest BCUT2D eigenvalue weighted by atomic mass is 16.5. The van der Waals surface area contributed by atoms with Gasteiger partial charge in [0.15, 0.2) is 5.58 Å². The first-order valence-electron chi connectivity index (χ1n) is 12.2. The Kier molecular flexibility index (Phi) is 8.87. The molecule has 0 unspecified atom stereocenters. The summed E-state index contributed by atoms with van der Waals surface area (Å²) in [5.74, 6) is 0.521. The van der Waals surface area contributed by atoms with Gasteiger partial charge in [-0.25, -0.2) is 14.6 Å². The molecule has 0 aliphatic heterocycles. The van der Waals surface area contributed by atoms with E-state index in [1.54, 1.807) is 66.7 Å². The van der Waals surface area contributed by atoms with Crippen molar-refractivity contribution >= 4 is 23.0 Å². The predicted octanol–water partition coefficient (Wildman–Crippen LogP) is 6.25. The summed E-state index contributed by atoms with van der Waals surface area (Å²) in [6.45, 7) is 4.31. The molecule has 0 bridgehead atoms. The first-order chi connectivity index (χ1) is 18.6. The Labute approximate surface area is 220 Å². The van der Waals surface area contributed by atoms with Crippen LogP contribution in [0.5, 0.6) is 11.5 Å². The maximum atomic E-state index is 12.6. The van der Waals surface area contributed by atoms with Crippen LogP contribution in [0.4, 0.5) is 0 Å². The zero-order valence-electron chi connectivity index (χ0n) is 20.7. The second-order valence-corrected chi connectivity index (χ2v) is 8.39. The van der Waals surface area contributed by atoms with Gasteiger partial charge in [-0.3, -0.25) is 0 Å². The summed E-state index contributed by atoms with van der Waals surface area (Å²) >= 11 is 0. The maximum Gasteiger partial charge on any atom is 0.343 e. The standard InChI is InChI=1S/C30H26N2O6/c1-2-28(33)36-18-6-4-3-5-17-35-24-13-11-23(12-14-24)30(34)37-25-15-16-26-27(19-25)38-29(32-26)22-9-7-21(20-31)8-10-22/h2,7-16,19H,1,3-6,17-18H2. The van der Waals surface area contributed by atoms with E-state index in [2.05, 4.69) is 17.6 Å². The van der Waals surface area contributed by atoms with Gasteiger partial charge in [-0.1, -0.05) is 6.58 Å². The van der Waals surface area contributed by atoms with Gasteiger partial charge in [0.1, 0.15) is 17.0 Å². The van der Waals surface area contributed by atoms with E-state index in [1.807, 2.05) is 0 Å². The predicted molar refractivity (Wildman–Crippen MR) is 141 cm³/mol. The Morgan fingerprint density at radius 2 is 1.63 bits per heavy atom. The lowest BCUT2D eigenvalue weighted by atomic mass is 10.1. The lowest BCUT2D eigenvalue weighted by Crippen LogP contribution is -2.08. The minimum Gasteiger partial charge on any atom is -0.494 e. The number of carbonyl (C=O) groups is 2. The molecule has 0 spiro atoms. The Balaban J connectivity index is 1.25. The van der Waals surface area contributed by atoms with Crippen LogP contribution in [0.3, 0.4) is 0 Å². The minimum absolute atomic E-state index is 0.338. The van der Waals surface area contributed by atoms with Crippen LogP contribution in [0.1, 0.15) is 41.6 Å². The molecule has 0 fully saturated rings. The summed E-state index contributed by atoms with van der Waals surface area (Å²) in [5, 5.41) is 8.95. The molecule has 3 aromatic carbocycles. The quantitative estimate of drug-likeness (QED) is 0.0951. The van der Waals surface area contributed by atoms with Crippen molar-refractivity contribution in [1.82, 2.24) is 4.98 Å². The smallest absolute Gasteiger partial charge is 0.343 e. The van der Waals surface area contributed by atoms with Crippen molar-refractivity contribution in [3.63, 3.8) is 0 Å². The lowest BCUT2D eigenvalue weighted by Gasteiger charge is -2.08. The third kappa shape index (κ3) is 7.08. The van der Waals surface area contributed by atoms with Crippen molar-refractivity contribution in [3.8, 4) is 29.0 Å². The molecular weight excluding hydrogens is 484 g/mol. The summed E-state index contributed by atoms with van der Waals surface area (Å²) in [5.41, 5.74) is 2.80. The SMILES string of the molecule is C=CC(=O)OCCCCCCOc1ccc(C(=O)Oc2ccc3nc(-c4ccc(C#N)cc4)oc3c2)cc1. The molecule has 0 saturated carbocycles. The number of oxazole rings is 1. The van der Waals surface area contributed by atoms with Gasteiger partial charge < -0.3 is 18.6 Å². The Morgan fingerprint density at radius 3 is 2.34 bits per heavy atom. The highest BCUT2D eigenvalue weighted by Crippen LogP contribution is 2.28. The molecule has 4 aromatic rings. The van der Waals surface area contributed by atoms with Gasteiger partial charge >= 0.3 is 11.9 Å². The fourth-order valence-electron chi connectivity index (χ4n) is 3.61. The van der Waals surface area contributed by atoms with Crippen LogP contribution in [0, 0.1) is 11.3 Å². The molecule has 0 amide bonds. The van der Waals surface area contributed by atoms with Gasteiger partial charge in [0, 0.05) is 17.7 Å². The molecule has 8 heteroatoms. The number of hydrogen-bond donors (Lipinski definition) is 0. The summed E-state index contributed by atoms with van der Waals surface area (Å²) in [4.78, 5) is 28.1. The second-order valence-electron chi connectivity index (χ2n) is 8.39. The molecule has 192 valence electrons. The van der Waals surface area contributed by atoms with E-state index in [1.165, 1.54) is 0 Å². The Hall–Kier alpha value is -4.90. The molecular formula is C30H26N2O6.